The van der Waals surface area contributed by atoms with E-state index in [-0.39, 0.29) is 36.9 Å². The van der Waals surface area contributed by atoms with Gasteiger partial charge in [-0.2, -0.15) is 0 Å². The molecule has 0 spiro atoms. The molecule has 0 atom stereocenters. The summed E-state index contributed by atoms with van der Waals surface area (Å²) >= 11 is 0. The Morgan fingerprint density at radius 2 is 0.838 bits per heavy atom. The SMILES string of the molecule is Cc1nc(C(=O)OCc2ccccc2)c(C(=O)OCc2ccccc2)nc1C(=O)OCc1ccccc1. The van der Waals surface area contributed by atoms with Crippen LogP contribution in [0.15, 0.2) is 91.0 Å². The fourth-order valence-electron chi connectivity index (χ4n) is 3.37. The van der Waals surface area contributed by atoms with Gasteiger partial charge in [0.25, 0.3) is 0 Å². The number of hydrogen-bond acceptors (Lipinski definition) is 8. The van der Waals surface area contributed by atoms with Crippen LogP contribution in [0.4, 0.5) is 0 Å². The van der Waals surface area contributed by atoms with Crippen LogP contribution < -0.4 is 0 Å². The molecule has 1 aromatic heterocycles. The molecule has 0 saturated carbocycles. The van der Waals surface area contributed by atoms with Crippen LogP contribution in [0.1, 0.15) is 53.8 Å². The van der Waals surface area contributed by atoms with E-state index in [0.29, 0.717) is 0 Å². The topological polar surface area (TPSA) is 105 Å². The van der Waals surface area contributed by atoms with Crippen LogP contribution in [0.25, 0.3) is 0 Å². The van der Waals surface area contributed by atoms with Gasteiger partial charge in [-0.25, -0.2) is 24.4 Å². The van der Waals surface area contributed by atoms with Gasteiger partial charge in [0.1, 0.15) is 19.8 Å². The maximum Gasteiger partial charge on any atom is 0.359 e. The molecule has 0 aliphatic heterocycles. The molecule has 0 amide bonds. The minimum Gasteiger partial charge on any atom is -0.456 e. The molecule has 8 heteroatoms. The Hall–Kier alpha value is -4.85. The zero-order valence-corrected chi connectivity index (χ0v) is 20.1. The van der Waals surface area contributed by atoms with Gasteiger partial charge >= 0.3 is 17.9 Å². The molecule has 4 rings (SSSR count). The summed E-state index contributed by atoms with van der Waals surface area (Å²) < 4.78 is 16.1. The third-order valence-corrected chi connectivity index (χ3v) is 5.29. The summed E-state index contributed by atoms with van der Waals surface area (Å²) in [6.07, 6.45) is 0. The third kappa shape index (κ3) is 6.85. The van der Waals surface area contributed by atoms with Gasteiger partial charge in [0.05, 0.1) is 5.69 Å². The number of esters is 3. The highest BCUT2D eigenvalue weighted by Crippen LogP contribution is 2.16. The summed E-state index contributed by atoms with van der Waals surface area (Å²) in [5, 5.41) is 0. The summed E-state index contributed by atoms with van der Waals surface area (Å²) in [6, 6.07) is 27.2. The van der Waals surface area contributed by atoms with E-state index in [9.17, 15) is 14.4 Å². The number of rotatable bonds is 9. The first-order chi connectivity index (χ1) is 18.0. The fraction of sp³-hybridized carbons (Fsp3) is 0.138. The molecule has 186 valence electrons. The molecule has 0 N–H and O–H groups in total. The van der Waals surface area contributed by atoms with Gasteiger partial charge in [-0.05, 0) is 23.6 Å². The summed E-state index contributed by atoms with van der Waals surface area (Å²) in [6.45, 7) is 1.43. The van der Waals surface area contributed by atoms with Crippen LogP contribution in [0.3, 0.4) is 0 Å². The van der Waals surface area contributed by atoms with Crippen LogP contribution in [0, 0.1) is 6.92 Å². The normalized spacial score (nSPS) is 10.4. The van der Waals surface area contributed by atoms with Gasteiger partial charge in [-0.15, -0.1) is 0 Å². The number of hydrogen-bond donors (Lipinski definition) is 0. The summed E-state index contributed by atoms with van der Waals surface area (Å²) in [5.74, 6) is -2.56. The van der Waals surface area contributed by atoms with Gasteiger partial charge in [0.2, 0.25) is 0 Å². The van der Waals surface area contributed by atoms with Crippen LogP contribution in [0.2, 0.25) is 0 Å². The molecule has 0 saturated heterocycles. The van der Waals surface area contributed by atoms with Crippen molar-refractivity contribution in [3.05, 3.63) is 130 Å². The lowest BCUT2D eigenvalue weighted by molar-refractivity contribution is 0.0406. The van der Waals surface area contributed by atoms with Crippen molar-refractivity contribution in [2.45, 2.75) is 26.7 Å². The van der Waals surface area contributed by atoms with E-state index in [2.05, 4.69) is 9.97 Å². The molecule has 37 heavy (non-hydrogen) atoms. The van der Waals surface area contributed by atoms with Crippen molar-refractivity contribution in [3.63, 3.8) is 0 Å². The number of carbonyl (C=O) groups is 3. The number of carbonyl (C=O) groups excluding carboxylic acids is 3. The minimum atomic E-state index is -0.917. The van der Waals surface area contributed by atoms with E-state index in [1.165, 1.54) is 6.92 Å². The zero-order chi connectivity index (χ0) is 26.0. The predicted octanol–water partition coefficient (Wildman–Crippen LogP) is 4.86. The highest BCUT2D eigenvalue weighted by Gasteiger charge is 2.28. The van der Waals surface area contributed by atoms with E-state index in [1.807, 2.05) is 66.7 Å². The monoisotopic (exact) mass is 496 g/mol. The Balaban J connectivity index is 1.57. The van der Waals surface area contributed by atoms with Crippen molar-refractivity contribution in [1.29, 1.82) is 0 Å². The smallest absolute Gasteiger partial charge is 0.359 e. The number of nitrogens with zero attached hydrogens (tertiary/aromatic N) is 2. The molecular weight excluding hydrogens is 472 g/mol. The van der Waals surface area contributed by atoms with Crippen molar-refractivity contribution in [1.82, 2.24) is 9.97 Å². The predicted molar refractivity (Wildman–Crippen MR) is 133 cm³/mol. The molecule has 4 aromatic rings. The third-order valence-electron chi connectivity index (χ3n) is 5.29. The van der Waals surface area contributed by atoms with Gasteiger partial charge < -0.3 is 14.2 Å². The first kappa shape index (κ1) is 25.2. The first-order valence-electron chi connectivity index (χ1n) is 11.5. The van der Waals surface area contributed by atoms with E-state index in [4.69, 9.17) is 14.2 Å². The van der Waals surface area contributed by atoms with Crippen molar-refractivity contribution in [2.24, 2.45) is 0 Å². The van der Waals surface area contributed by atoms with Crippen LogP contribution in [-0.4, -0.2) is 27.9 Å². The average Bonchev–Trinajstić information content (AvgIpc) is 2.94. The van der Waals surface area contributed by atoms with Gasteiger partial charge in [-0.1, -0.05) is 91.0 Å². The molecule has 0 aliphatic rings. The first-order valence-corrected chi connectivity index (χ1v) is 11.5. The highest BCUT2D eigenvalue weighted by atomic mass is 16.5. The van der Waals surface area contributed by atoms with Crippen LogP contribution >= 0.6 is 0 Å². The van der Waals surface area contributed by atoms with E-state index < -0.39 is 23.6 Å². The Kier molecular flexibility index (Phi) is 8.33. The molecule has 0 aliphatic carbocycles. The Morgan fingerprint density at radius 3 is 1.22 bits per heavy atom. The maximum absolute atomic E-state index is 13.0. The van der Waals surface area contributed by atoms with Crippen molar-refractivity contribution in [2.75, 3.05) is 0 Å². The van der Waals surface area contributed by atoms with Crippen molar-refractivity contribution < 1.29 is 28.6 Å². The lowest BCUT2D eigenvalue weighted by Gasteiger charge is -2.12. The number of ether oxygens (including phenoxy) is 3. The average molecular weight is 497 g/mol. The van der Waals surface area contributed by atoms with Gasteiger partial charge in [-0.3, -0.25) is 0 Å². The molecule has 0 bridgehead atoms. The summed E-state index contributed by atoms with van der Waals surface area (Å²) in [5.41, 5.74) is 1.44. The number of aryl methyl sites for hydroxylation is 1. The summed E-state index contributed by atoms with van der Waals surface area (Å²) in [7, 11) is 0. The largest absolute Gasteiger partial charge is 0.456 e. The second-order valence-electron chi connectivity index (χ2n) is 8.04. The second kappa shape index (κ2) is 12.2. The van der Waals surface area contributed by atoms with E-state index in [1.54, 1.807) is 24.3 Å². The maximum atomic E-state index is 13.0. The molecule has 0 unspecified atom stereocenters. The lowest BCUT2D eigenvalue weighted by Crippen LogP contribution is -2.22. The quantitative estimate of drug-likeness (QED) is 0.239. The zero-order valence-electron chi connectivity index (χ0n) is 20.1. The Labute approximate surface area is 213 Å². The molecule has 1 heterocycles. The Bertz CT molecular complexity index is 1380. The van der Waals surface area contributed by atoms with Gasteiger partial charge in [0, 0.05) is 0 Å². The molecule has 0 fully saturated rings. The van der Waals surface area contributed by atoms with Crippen LogP contribution in [0.5, 0.6) is 0 Å². The second-order valence-corrected chi connectivity index (χ2v) is 8.04. The van der Waals surface area contributed by atoms with Crippen molar-refractivity contribution >= 4 is 17.9 Å². The number of aromatic nitrogens is 2. The van der Waals surface area contributed by atoms with Crippen LogP contribution in [-0.2, 0) is 34.0 Å². The summed E-state index contributed by atoms with van der Waals surface area (Å²) in [4.78, 5) is 47.1. The van der Waals surface area contributed by atoms with Gasteiger partial charge in [0.15, 0.2) is 17.1 Å². The molecule has 0 radical (unpaired) electrons. The van der Waals surface area contributed by atoms with E-state index >= 15 is 0 Å². The van der Waals surface area contributed by atoms with E-state index in [0.717, 1.165) is 16.7 Å². The van der Waals surface area contributed by atoms with Crippen molar-refractivity contribution in [3.8, 4) is 0 Å². The molecule has 3 aromatic carbocycles. The fourth-order valence-corrected chi connectivity index (χ4v) is 3.37. The standard InChI is InChI=1S/C29H24N2O6/c1-20-24(27(32)35-17-21-11-5-2-6-12-21)31-26(29(34)37-19-23-15-9-4-10-16-23)25(30-20)28(33)36-18-22-13-7-3-8-14-22/h2-16H,17-19H2,1H3. The highest BCUT2D eigenvalue weighted by molar-refractivity contribution is 6.01. The molecule has 8 nitrogen and oxygen atoms in total. The Morgan fingerprint density at radius 1 is 0.514 bits per heavy atom. The lowest BCUT2D eigenvalue weighted by atomic mass is 10.2. The molecular formula is C29H24N2O6. The number of benzene rings is 3. The minimum absolute atomic E-state index is 0.00937.